The number of piperazine rings is 1. The van der Waals surface area contributed by atoms with E-state index in [0.29, 0.717) is 28.7 Å². The summed E-state index contributed by atoms with van der Waals surface area (Å²) in [5.41, 5.74) is 1.61. The Morgan fingerprint density at radius 1 is 1.18 bits per heavy atom. The van der Waals surface area contributed by atoms with E-state index < -0.39 is 17.8 Å². The summed E-state index contributed by atoms with van der Waals surface area (Å²) in [5, 5.41) is 21.8. The predicted molar refractivity (Wildman–Crippen MR) is 119 cm³/mol. The molecule has 0 saturated carbocycles. The Hall–Kier alpha value is -4.04. The quantitative estimate of drug-likeness (QED) is 0.606. The second-order valence-corrected chi connectivity index (χ2v) is 7.76. The normalized spacial score (nSPS) is 13.9. The van der Waals surface area contributed by atoms with Crippen molar-refractivity contribution in [1.82, 2.24) is 20.5 Å². The number of anilines is 2. The van der Waals surface area contributed by atoms with Crippen molar-refractivity contribution < 1.29 is 18.0 Å². The zero-order valence-electron chi connectivity index (χ0n) is 18.1. The SMILES string of the molecule is Cc1ccc(NC(=O)c2cnnc(C(F)(F)F)c2)cc1-c1cnc(N2CCNCC2)c(C#N)c1. The maximum Gasteiger partial charge on any atom is 0.435 e. The summed E-state index contributed by atoms with van der Waals surface area (Å²) in [6.07, 6.45) is -2.06. The standard InChI is InChI=1S/C23H20F3N7O/c1-14-2-3-18(31-22(34)17-9-20(23(24,25)26)32-30-13-17)10-19(14)16-8-15(11-27)21(29-12-16)33-6-4-28-5-7-33/h2-3,8-10,12-13,28H,4-7H2,1H3,(H,31,34). The molecule has 0 unspecified atom stereocenters. The fourth-order valence-corrected chi connectivity index (χ4v) is 3.66. The third kappa shape index (κ3) is 4.97. The highest BCUT2D eigenvalue weighted by Crippen LogP contribution is 2.30. The van der Waals surface area contributed by atoms with Crippen LogP contribution >= 0.6 is 0 Å². The van der Waals surface area contributed by atoms with Gasteiger partial charge < -0.3 is 15.5 Å². The van der Waals surface area contributed by atoms with Gasteiger partial charge in [-0.3, -0.25) is 4.79 Å². The van der Waals surface area contributed by atoms with E-state index >= 15 is 0 Å². The van der Waals surface area contributed by atoms with Crippen LogP contribution in [0.1, 0.15) is 27.2 Å². The molecule has 0 radical (unpaired) electrons. The van der Waals surface area contributed by atoms with Crippen LogP contribution < -0.4 is 15.5 Å². The fourth-order valence-electron chi connectivity index (χ4n) is 3.66. The number of carbonyl (C=O) groups excluding carboxylic acids is 1. The summed E-state index contributed by atoms with van der Waals surface area (Å²) in [6, 6.07) is 9.71. The minimum Gasteiger partial charge on any atom is -0.353 e. The van der Waals surface area contributed by atoms with Crippen molar-refractivity contribution in [2.75, 3.05) is 36.4 Å². The first-order valence-corrected chi connectivity index (χ1v) is 10.4. The average molecular weight is 467 g/mol. The third-order valence-electron chi connectivity index (χ3n) is 5.42. The molecular weight excluding hydrogens is 447 g/mol. The number of halogens is 3. The first kappa shape index (κ1) is 23.1. The molecule has 1 aliphatic rings. The molecule has 3 aromatic rings. The zero-order valence-corrected chi connectivity index (χ0v) is 18.1. The van der Waals surface area contributed by atoms with Crippen LogP contribution in [0.15, 0.2) is 42.7 Å². The van der Waals surface area contributed by atoms with Crippen LogP contribution in [0, 0.1) is 18.3 Å². The van der Waals surface area contributed by atoms with Crippen LogP contribution in [-0.2, 0) is 6.18 Å². The van der Waals surface area contributed by atoms with Crippen molar-refractivity contribution in [3.8, 4) is 17.2 Å². The number of pyridine rings is 1. The Balaban J connectivity index is 1.60. The van der Waals surface area contributed by atoms with Gasteiger partial charge in [0.05, 0.1) is 17.3 Å². The van der Waals surface area contributed by atoms with Gasteiger partial charge in [0.2, 0.25) is 0 Å². The number of carbonyl (C=O) groups is 1. The van der Waals surface area contributed by atoms with Gasteiger partial charge in [0.25, 0.3) is 5.91 Å². The molecule has 1 saturated heterocycles. The molecule has 1 amide bonds. The van der Waals surface area contributed by atoms with Gasteiger partial charge in [-0.2, -0.15) is 23.5 Å². The van der Waals surface area contributed by atoms with Gasteiger partial charge in [-0.15, -0.1) is 5.10 Å². The monoisotopic (exact) mass is 467 g/mol. The lowest BCUT2D eigenvalue weighted by atomic mass is 9.99. The van der Waals surface area contributed by atoms with E-state index in [-0.39, 0.29) is 5.56 Å². The Morgan fingerprint density at radius 3 is 2.65 bits per heavy atom. The Labute approximate surface area is 193 Å². The van der Waals surface area contributed by atoms with Gasteiger partial charge in [0.1, 0.15) is 11.9 Å². The van der Waals surface area contributed by atoms with E-state index in [1.54, 1.807) is 30.5 Å². The summed E-state index contributed by atoms with van der Waals surface area (Å²) in [7, 11) is 0. The first-order valence-electron chi connectivity index (χ1n) is 10.4. The molecule has 0 aliphatic carbocycles. The van der Waals surface area contributed by atoms with Gasteiger partial charge in [-0.1, -0.05) is 6.07 Å². The van der Waals surface area contributed by atoms with E-state index in [9.17, 15) is 23.2 Å². The predicted octanol–water partition coefficient (Wildman–Crippen LogP) is 3.40. The van der Waals surface area contributed by atoms with Crippen LogP contribution in [-0.4, -0.2) is 47.3 Å². The number of hydrogen-bond donors (Lipinski definition) is 2. The fraction of sp³-hybridized carbons (Fsp3) is 0.261. The van der Waals surface area contributed by atoms with Crippen molar-refractivity contribution in [2.24, 2.45) is 0 Å². The van der Waals surface area contributed by atoms with E-state index in [4.69, 9.17) is 0 Å². The van der Waals surface area contributed by atoms with Crippen LogP contribution in [0.5, 0.6) is 0 Å². The van der Waals surface area contributed by atoms with Crippen molar-refractivity contribution in [2.45, 2.75) is 13.1 Å². The molecule has 2 N–H and O–H groups in total. The van der Waals surface area contributed by atoms with E-state index in [0.717, 1.165) is 43.5 Å². The number of rotatable bonds is 4. The molecule has 1 aliphatic heterocycles. The van der Waals surface area contributed by atoms with E-state index in [1.807, 2.05) is 6.92 Å². The molecular formula is C23H20F3N7O. The highest BCUT2D eigenvalue weighted by Gasteiger charge is 2.33. The summed E-state index contributed by atoms with van der Waals surface area (Å²) in [4.78, 5) is 19.1. The van der Waals surface area contributed by atoms with Crippen LogP contribution in [0.2, 0.25) is 0 Å². The molecule has 0 bridgehead atoms. The first-order chi connectivity index (χ1) is 16.3. The highest BCUT2D eigenvalue weighted by molar-refractivity contribution is 6.04. The van der Waals surface area contributed by atoms with Gasteiger partial charge in [-0.25, -0.2) is 4.98 Å². The highest BCUT2D eigenvalue weighted by atomic mass is 19.4. The molecule has 11 heteroatoms. The number of nitrogens with one attached hydrogen (secondary N) is 2. The number of nitrogens with zero attached hydrogens (tertiary/aromatic N) is 5. The number of benzene rings is 1. The molecule has 4 rings (SSSR count). The van der Waals surface area contributed by atoms with Crippen molar-refractivity contribution >= 4 is 17.4 Å². The van der Waals surface area contributed by atoms with Gasteiger partial charge in [-0.05, 0) is 42.3 Å². The smallest absolute Gasteiger partial charge is 0.353 e. The van der Waals surface area contributed by atoms with Gasteiger partial charge >= 0.3 is 6.18 Å². The largest absolute Gasteiger partial charge is 0.435 e. The van der Waals surface area contributed by atoms with E-state index in [1.165, 1.54) is 0 Å². The van der Waals surface area contributed by atoms with Crippen molar-refractivity contribution in [3.63, 3.8) is 0 Å². The van der Waals surface area contributed by atoms with Crippen LogP contribution in [0.4, 0.5) is 24.7 Å². The second-order valence-electron chi connectivity index (χ2n) is 7.76. The average Bonchev–Trinajstić information content (AvgIpc) is 2.85. The number of nitriles is 1. The Morgan fingerprint density at radius 2 is 1.94 bits per heavy atom. The molecule has 174 valence electrons. The molecule has 3 heterocycles. The van der Waals surface area contributed by atoms with Crippen LogP contribution in [0.25, 0.3) is 11.1 Å². The molecule has 34 heavy (non-hydrogen) atoms. The summed E-state index contributed by atoms with van der Waals surface area (Å²) in [5.74, 6) is -0.124. The molecule has 1 fully saturated rings. The lowest BCUT2D eigenvalue weighted by Crippen LogP contribution is -2.44. The number of hydrogen-bond acceptors (Lipinski definition) is 7. The topological polar surface area (TPSA) is 107 Å². The number of aromatic nitrogens is 3. The van der Waals surface area contributed by atoms with E-state index in [2.05, 4.69) is 36.8 Å². The lowest BCUT2D eigenvalue weighted by molar-refractivity contribution is -0.141. The number of aryl methyl sites for hydroxylation is 1. The molecule has 8 nitrogen and oxygen atoms in total. The van der Waals surface area contributed by atoms with Crippen LogP contribution in [0.3, 0.4) is 0 Å². The summed E-state index contributed by atoms with van der Waals surface area (Å²) in [6.45, 7) is 5.00. The minimum absolute atomic E-state index is 0.266. The molecule has 0 atom stereocenters. The lowest BCUT2D eigenvalue weighted by Gasteiger charge is -2.29. The van der Waals surface area contributed by atoms with Gasteiger partial charge in [0.15, 0.2) is 5.69 Å². The third-order valence-corrected chi connectivity index (χ3v) is 5.42. The molecule has 0 spiro atoms. The maximum absolute atomic E-state index is 12.9. The Kier molecular flexibility index (Phi) is 6.43. The zero-order chi connectivity index (χ0) is 24.3. The second kappa shape index (κ2) is 9.44. The van der Waals surface area contributed by atoms with Crippen molar-refractivity contribution in [1.29, 1.82) is 5.26 Å². The van der Waals surface area contributed by atoms with Crippen molar-refractivity contribution in [3.05, 3.63) is 65.1 Å². The summed E-state index contributed by atoms with van der Waals surface area (Å²) < 4.78 is 38.6. The minimum atomic E-state index is -4.71. The summed E-state index contributed by atoms with van der Waals surface area (Å²) >= 11 is 0. The number of amides is 1. The maximum atomic E-state index is 12.9. The number of alkyl halides is 3. The Bertz CT molecular complexity index is 1260. The molecule has 1 aromatic carbocycles. The molecule has 2 aromatic heterocycles. The van der Waals surface area contributed by atoms with Gasteiger partial charge in [0, 0.05) is 43.6 Å².